The average molecular weight is 656 g/mol. The summed E-state index contributed by atoms with van der Waals surface area (Å²) in [7, 11) is -4.47. The standard InChI is InChI=1S/C30H30ClN5O6S2/c31-22-11-16-29(37)35(19-22)24-12-9-21(10-13-24)30(38)34-44(41,42)26-14-15-27(28(18-26)36(39)40)33-23(6-4-5-17-32)20-43-25-7-2-1-3-8-25/h1-3,7-16,18-19,23,33H,4-6,17,20,32H2,(H,34,38)/t23-/m1/s1. The number of nitrogens with zero attached hydrogens (tertiary/aromatic N) is 2. The number of thioether (sulfide) groups is 1. The number of nitrogens with two attached hydrogens (primary N) is 1. The van der Waals surface area contributed by atoms with Gasteiger partial charge in [-0.05, 0) is 74.0 Å². The fraction of sp³-hybridized carbons (Fsp3) is 0.200. The van der Waals surface area contributed by atoms with Crippen LogP contribution in [0.3, 0.4) is 0 Å². The van der Waals surface area contributed by atoms with E-state index in [0.29, 0.717) is 29.4 Å². The van der Waals surface area contributed by atoms with Crippen LogP contribution in [0.2, 0.25) is 5.02 Å². The molecule has 44 heavy (non-hydrogen) atoms. The van der Waals surface area contributed by atoms with Gasteiger partial charge in [0.1, 0.15) is 5.69 Å². The number of hydrogen-bond donors (Lipinski definition) is 3. The van der Waals surface area contributed by atoms with Gasteiger partial charge in [-0.2, -0.15) is 0 Å². The number of halogens is 1. The SMILES string of the molecule is NCCCC[C@H](CSc1ccccc1)Nc1ccc(S(=O)(=O)NC(=O)c2ccc(-n3cc(Cl)ccc3=O)cc2)cc1[N+](=O)[O-]. The van der Waals surface area contributed by atoms with E-state index in [2.05, 4.69) is 5.32 Å². The fourth-order valence-electron chi connectivity index (χ4n) is 4.29. The summed E-state index contributed by atoms with van der Waals surface area (Å²) in [4.78, 5) is 36.9. The smallest absolute Gasteiger partial charge is 0.293 e. The van der Waals surface area contributed by atoms with Crippen LogP contribution in [0.15, 0.2) is 106 Å². The molecule has 0 radical (unpaired) electrons. The second-order valence-corrected chi connectivity index (χ2v) is 12.9. The van der Waals surface area contributed by atoms with Crippen molar-refractivity contribution in [2.45, 2.75) is 35.1 Å². The molecule has 0 aliphatic rings. The number of aromatic nitrogens is 1. The second-order valence-electron chi connectivity index (χ2n) is 9.72. The lowest BCUT2D eigenvalue weighted by atomic mass is 10.1. The lowest BCUT2D eigenvalue weighted by Gasteiger charge is -2.20. The molecule has 3 aromatic carbocycles. The van der Waals surface area contributed by atoms with Crippen molar-refractivity contribution in [3.8, 4) is 5.69 Å². The number of anilines is 1. The molecule has 230 valence electrons. The first-order valence-corrected chi connectivity index (χ1v) is 16.4. The Hall–Kier alpha value is -4.17. The number of carbonyl (C=O) groups is 1. The number of benzene rings is 3. The van der Waals surface area contributed by atoms with E-state index < -0.39 is 31.4 Å². The molecule has 4 rings (SSSR count). The van der Waals surface area contributed by atoms with E-state index in [1.807, 2.05) is 35.1 Å². The van der Waals surface area contributed by atoms with Crippen LogP contribution in [-0.4, -0.2) is 42.2 Å². The summed E-state index contributed by atoms with van der Waals surface area (Å²) in [5.74, 6) is -0.329. The Kier molecular flexibility index (Phi) is 11.2. The van der Waals surface area contributed by atoms with E-state index in [-0.39, 0.29) is 22.9 Å². The maximum absolute atomic E-state index is 13.1. The predicted octanol–water partition coefficient (Wildman–Crippen LogP) is 5.22. The molecule has 4 N–H and O–H groups in total. The van der Waals surface area contributed by atoms with Gasteiger partial charge >= 0.3 is 0 Å². The van der Waals surface area contributed by atoms with Crippen molar-refractivity contribution in [1.82, 2.24) is 9.29 Å². The summed E-state index contributed by atoms with van der Waals surface area (Å²) in [6.45, 7) is 0.531. The Bertz CT molecular complexity index is 1780. The van der Waals surface area contributed by atoms with E-state index in [9.17, 15) is 28.1 Å². The summed E-state index contributed by atoms with van der Waals surface area (Å²) in [6.07, 6.45) is 3.73. The van der Waals surface area contributed by atoms with Crippen molar-refractivity contribution < 1.29 is 18.1 Å². The lowest BCUT2D eigenvalue weighted by molar-refractivity contribution is -0.384. The van der Waals surface area contributed by atoms with Crippen LogP contribution in [0.5, 0.6) is 0 Å². The minimum Gasteiger partial charge on any atom is -0.376 e. The monoisotopic (exact) mass is 655 g/mol. The minimum atomic E-state index is -4.47. The summed E-state index contributed by atoms with van der Waals surface area (Å²) in [6, 6.07) is 21.4. The predicted molar refractivity (Wildman–Crippen MR) is 172 cm³/mol. The highest BCUT2D eigenvalue weighted by Crippen LogP contribution is 2.30. The first-order valence-electron chi connectivity index (χ1n) is 13.6. The van der Waals surface area contributed by atoms with Crippen LogP contribution in [0.1, 0.15) is 29.6 Å². The Labute approximate surface area is 263 Å². The molecule has 1 atom stereocenters. The number of unbranched alkanes of at least 4 members (excludes halogenated alkanes) is 1. The van der Waals surface area contributed by atoms with Gasteiger partial charge in [-0.15, -0.1) is 11.8 Å². The van der Waals surface area contributed by atoms with Crippen molar-refractivity contribution in [3.05, 3.63) is 122 Å². The molecule has 14 heteroatoms. The zero-order valence-electron chi connectivity index (χ0n) is 23.4. The number of nitro benzene ring substituents is 1. The van der Waals surface area contributed by atoms with Crippen LogP contribution >= 0.6 is 23.4 Å². The topological polar surface area (TPSA) is 166 Å². The molecular formula is C30H30ClN5O6S2. The van der Waals surface area contributed by atoms with Crippen molar-refractivity contribution >= 4 is 50.7 Å². The van der Waals surface area contributed by atoms with E-state index in [4.69, 9.17) is 17.3 Å². The summed E-state index contributed by atoms with van der Waals surface area (Å²) < 4.78 is 29.4. The van der Waals surface area contributed by atoms with Crippen LogP contribution in [0.25, 0.3) is 5.69 Å². The van der Waals surface area contributed by atoms with E-state index in [0.717, 1.165) is 23.8 Å². The number of nitro groups is 1. The number of rotatable bonds is 14. The number of sulfonamides is 1. The quantitative estimate of drug-likeness (QED) is 0.0714. The van der Waals surface area contributed by atoms with Crippen molar-refractivity contribution in [2.24, 2.45) is 5.73 Å². The molecule has 1 heterocycles. The molecule has 4 aromatic rings. The van der Waals surface area contributed by atoms with Gasteiger partial charge < -0.3 is 11.1 Å². The van der Waals surface area contributed by atoms with Gasteiger partial charge in [0.05, 0.1) is 14.8 Å². The Morgan fingerprint density at radius 1 is 1.02 bits per heavy atom. The van der Waals surface area contributed by atoms with E-state index >= 15 is 0 Å². The van der Waals surface area contributed by atoms with Gasteiger partial charge in [-0.1, -0.05) is 36.2 Å². The maximum atomic E-state index is 13.1. The summed E-state index contributed by atoms with van der Waals surface area (Å²) in [5, 5.41) is 15.5. The molecule has 0 spiro atoms. The summed E-state index contributed by atoms with van der Waals surface area (Å²) in [5.41, 5.74) is 5.44. The van der Waals surface area contributed by atoms with Crippen molar-refractivity contribution in [1.29, 1.82) is 0 Å². The van der Waals surface area contributed by atoms with Crippen molar-refractivity contribution in [2.75, 3.05) is 17.6 Å². The van der Waals surface area contributed by atoms with E-state index in [1.165, 1.54) is 59.3 Å². The highest BCUT2D eigenvalue weighted by atomic mass is 35.5. The number of pyridine rings is 1. The molecule has 0 bridgehead atoms. The molecule has 0 saturated heterocycles. The average Bonchev–Trinajstić information content (AvgIpc) is 3.01. The molecular weight excluding hydrogens is 626 g/mol. The highest BCUT2D eigenvalue weighted by Gasteiger charge is 2.25. The largest absolute Gasteiger partial charge is 0.376 e. The molecule has 0 fully saturated rings. The minimum absolute atomic E-state index is 0.00331. The van der Waals surface area contributed by atoms with Gasteiger partial charge in [0.15, 0.2) is 0 Å². The van der Waals surface area contributed by atoms with Gasteiger partial charge in [0.25, 0.3) is 27.2 Å². The normalized spacial score (nSPS) is 12.0. The Morgan fingerprint density at radius 3 is 2.43 bits per heavy atom. The zero-order chi connectivity index (χ0) is 31.7. The van der Waals surface area contributed by atoms with Crippen molar-refractivity contribution in [3.63, 3.8) is 0 Å². The molecule has 1 amide bonds. The first-order chi connectivity index (χ1) is 21.1. The van der Waals surface area contributed by atoms with Crippen LogP contribution in [0, 0.1) is 10.1 Å². The molecule has 0 unspecified atom stereocenters. The molecule has 11 nitrogen and oxygen atoms in total. The first kappa shape index (κ1) is 32.7. The number of hydrogen-bond acceptors (Lipinski definition) is 9. The fourth-order valence-corrected chi connectivity index (χ4v) is 6.44. The Morgan fingerprint density at radius 2 is 1.75 bits per heavy atom. The maximum Gasteiger partial charge on any atom is 0.293 e. The molecule has 0 saturated carbocycles. The van der Waals surface area contributed by atoms with Crippen LogP contribution in [-0.2, 0) is 10.0 Å². The molecule has 0 aliphatic carbocycles. The number of carbonyl (C=O) groups excluding carboxylic acids is 1. The highest BCUT2D eigenvalue weighted by molar-refractivity contribution is 7.99. The number of nitrogens with one attached hydrogen (secondary N) is 2. The molecule has 1 aromatic heterocycles. The third-order valence-electron chi connectivity index (χ3n) is 6.55. The summed E-state index contributed by atoms with van der Waals surface area (Å²) >= 11 is 7.57. The molecule has 0 aliphatic heterocycles. The van der Waals surface area contributed by atoms with Gasteiger partial charge in [-0.25, -0.2) is 13.1 Å². The zero-order valence-corrected chi connectivity index (χ0v) is 25.8. The third-order valence-corrected chi connectivity index (χ3v) is 9.27. The third kappa shape index (κ3) is 8.69. The van der Waals surface area contributed by atoms with Gasteiger partial charge in [0.2, 0.25) is 0 Å². The van der Waals surface area contributed by atoms with Gasteiger partial charge in [-0.3, -0.25) is 24.3 Å². The Balaban J connectivity index is 1.50. The lowest BCUT2D eigenvalue weighted by Crippen LogP contribution is -2.30. The number of amides is 1. The van der Waals surface area contributed by atoms with Crippen LogP contribution < -0.4 is 21.3 Å². The van der Waals surface area contributed by atoms with Gasteiger partial charge in [0, 0.05) is 46.3 Å². The second kappa shape index (κ2) is 15.0. The van der Waals surface area contributed by atoms with E-state index in [1.54, 1.807) is 11.8 Å². The van der Waals surface area contributed by atoms with Crippen LogP contribution in [0.4, 0.5) is 11.4 Å².